The van der Waals surface area contributed by atoms with Crippen molar-refractivity contribution in [3.05, 3.63) is 46.0 Å². The molecule has 2 aromatic rings. The molecule has 0 spiro atoms. The van der Waals surface area contributed by atoms with Crippen LogP contribution >= 0.6 is 22.9 Å². The molecule has 0 amide bonds. The maximum absolute atomic E-state index is 6.20. The van der Waals surface area contributed by atoms with E-state index < -0.39 is 0 Å². The van der Waals surface area contributed by atoms with Crippen LogP contribution in [-0.2, 0) is 0 Å². The second-order valence-electron chi connectivity index (χ2n) is 2.83. The number of hydrogen-bond donors (Lipinski definition) is 0. The Morgan fingerprint density at radius 3 is 2.77 bits per heavy atom. The molecule has 1 atom stereocenters. The third-order valence-corrected chi connectivity index (χ3v) is 3.32. The predicted octanol–water partition coefficient (Wildman–Crippen LogP) is 3.98. The molecule has 2 rings (SSSR count). The number of halogens is 1. The minimum Gasteiger partial charge on any atom is -0.464 e. The van der Waals surface area contributed by atoms with Crippen molar-refractivity contribution in [3.8, 4) is 0 Å². The smallest absolute Gasteiger partial charge is 0.127 e. The molecule has 0 fully saturated rings. The van der Waals surface area contributed by atoms with Gasteiger partial charge in [-0.2, -0.15) is 0 Å². The van der Waals surface area contributed by atoms with Crippen LogP contribution in [0.1, 0.15) is 21.8 Å². The fourth-order valence-corrected chi connectivity index (χ4v) is 2.22. The van der Waals surface area contributed by atoms with Crippen LogP contribution in [0.2, 0.25) is 0 Å². The van der Waals surface area contributed by atoms with Crippen LogP contribution in [0.5, 0.6) is 0 Å². The summed E-state index contributed by atoms with van der Waals surface area (Å²) in [5.74, 6) is 1.72. The molecule has 0 saturated heterocycles. The molecule has 0 aromatic carbocycles. The van der Waals surface area contributed by atoms with Gasteiger partial charge in [-0.05, 0) is 30.5 Å². The molecule has 2 heterocycles. The Morgan fingerprint density at radius 2 is 2.23 bits per heavy atom. The summed E-state index contributed by atoms with van der Waals surface area (Å²) in [6.07, 6.45) is 0. The van der Waals surface area contributed by atoms with Gasteiger partial charge < -0.3 is 4.42 Å². The number of furan rings is 1. The quantitative estimate of drug-likeness (QED) is 0.687. The summed E-state index contributed by atoms with van der Waals surface area (Å²) in [7, 11) is 0. The zero-order valence-electron chi connectivity index (χ0n) is 7.16. The van der Waals surface area contributed by atoms with E-state index in [4.69, 9.17) is 16.0 Å². The largest absolute Gasteiger partial charge is 0.464 e. The average Bonchev–Trinajstić information content (AvgIpc) is 2.72. The van der Waals surface area contributed by atoms with Gasteiger partial charge in [-0.3, -0.25) is 0 Å². The minimum atomic E-state index is -0.145. The Hall–Kier alpha value is -0.730. The van der Waals surface area contributed by atoms with E-state index in [2.05, 4.69) is 0 Å². The van der Waals surface area contributed by atoms with Gasteiger partial charge in [0.2, 0.25) is 0 Å². The molecule has 0 bridgehead atoms. The molecular weight excluding hydrogens is 204 g/mol. The molecule has 68 valence electrons. The summed E-state index contributed by atoms with van der Waals surface area (Å²) in [5.41, 5.74) is 0. The number of rotatable bonds is 2. The SMILES string of the molecule is Cc1ccc(C(Cl)c2cccs2)o1. The molecule has 1 unspecified atom stereocenters. The first-order valence-corrected chi connectivity index (χ1v) is 5.33. The van der Waals surface area contributed by atoms with Crippen LogP contribution in [0.15, 0.2) is 34.1 Å². The lowest BCUT2D eigenvalue weighted by atomic mass is 10.3. The Kier molecular flexibility index (Phi) is 2.42. The Balaban J connectivity index is 2.28. The Labute approximate surface area is 86.0 Å². The summed E-state index contributed by atoms with van der Waals surface area (Å²) in [6.45, 7) is 1.92. The van der Waals surface area contributed by atoms with E-state index >= 15 is 0 Å². The lowest BCUT2D eigenvalue weighted by Crippen LogP contribution is -1.85. The van der Waals surface area contributed by atoms with Crippen molar-refractivity contribution in [3.63, 3.8) is 0 Å². The van der Waals surface area contributed by atoms with E-state index in [1.807, 2.05) is 36.6 Å². The molecule has 13 heavy (non-hydrogen) atoms. The molecular formula is C10H9ClOS. The van der Waals surface area contributed by atoms with Crippen LogP contribution in [0.4, 0.5) is 0 Å². The van der Waals surface area contributed by atoms with Crippen molar-refractivity contribution in [2.75, 3.05) is 0 Å². The van der Waals surface area contributed by atoms with Gasteiger partial charge in [-0.25, -0.2) is 0 Å². The average molecular weight is 213 g/mol. The second-order valence-corrected chi connectivity index (χ2v) is 4.24. The fourth-order valence-electron chi connectivity index (χ4n) is 1.17. The van der Waals surface area contributed by atoms with Crippen molar-refractivity contribution in [1.82, 2.24) is 0 Å². The lowest BCUT2D eigenvalue weighted by Gasteiger charge is -2.01. The molecule has 3 heteroatoms. The molecule has 0 N–H and O–H groups in total. The van der Waals surface area contributed by atoms with Crippen molar-refractivity contribution < 1.29 is 4.42 Å². The third-order valence-electron chi connectivity index (χ3n) is 1.80. The summed E-state index contributed by atoms with van der Waals surface area (Å²) in [4.78, 5) is 1.12. The van der Waals surface area contributed by atoms with Crippen molar-refractivity contribution in [2.45, 2.75) is 12.3 Å². The van der Waals surface area contributed by atoms with Gasteiger partial charge in [-0.15, -0.1) is 22.9 Å². The minimum absolute atomic E-state index is 0.145. The maximum Gasteiger partial charge on any atom is 0.127 e. The van der Waals surface area contributed by atoms with Crippen LogP contribution in [-0.4, -0.2) is 0 Å². The van der Waals surface area contributed by atoms with Gasteiger partial charge in [0.05, 0.1) is 0 Å². The van der Waals surface area contributed by atoms with Gasteiger partial charge in [0, 0.05) is 4.88 Å². The van der Waals surface area contributed by atoms with Crippen LogP contribution in [0.3, 0.4) is 0 Å². The highest BCUT2D eigenvalue weighted by atomic mass is 35.5. The van der Waals surface area contributed by atoms with E-state index in [1.54, 1.807) is 11.3 Å². The van der Waals surface area contributed by atoms with E-state index in [0.29, 0.717) is 0 Å². The van der Waals surface area contributed by atoms with E-state index in [9.17, 15) is 0 Å². The van der Waals surface area contributed by atoms with Gasteiger partial charge in [-0.1, -0.05) is 6.07 Å². The lowest BCUT2D eigenvalue weighted by molar-refractivity contribution is 0.490. The second kappa shape index (κ2) is 3.56. The summed E-state index contributed by atoms with van der Waals surface area (Å²) < 4.78 is 5.44. The highest BCUT2D eigenvalue weighted by Crippen LogP contribution is 2.32. The highest BCUT2D eigenvalue weighted by Gasteiger charge is 2.14. The van der Waals surface area contributed by atoms with E-state index in [0.717, 1.165) is 16.4 Å². The number of aryl methyl sites for hydroxylation is 1. The first-order chi connectivity index (χ1) is 6.27. The highest BCUT2D eigenvalue weighted by molar-refractivity contribution is 7.10. The zero-order valence-corrected chi connectivity index (χ0v) is 8.73. The number of thiophene rings is 1. The molecule has 2 aromatic heterocycles. The maximum atomic E-state index is 6.20. The summed E-state index contributed by atoms with van der Waals surface area (Å²) >= 11 is 7.85. The Morgan fingerprint density at radius 1 is 1.38 bits per heavy atom. The zero-order chi connectivity index (χ0) is 9.26. The van der Waals surface area contributed by atoms with E-state index in [1.165, 1.54) is 0 Å². The van der Waals surface area contributed by atoms with Crippen LogP contribution in [0.25, 0.3) is 0 Å². The van der Waals surface area contributed by atoms with Gasteiger partial charge >= 0.3 is 0 Å². The van der Waals surface area contributed by atoms with Crippen molar-refractivity contribution in [1.29, 1.82) is 0 Å². The van der Waals surface area contributed by atoms with Crippen molar-refractivity contribution in [2.24, 2.45) is 0 Å². The van der Waals surface area contributed by atoms with E-state index in [-0.39, 0.29) is 5.38 Å². The van der Waals surface area contributed by atoms with Crippen LogP contribution < -0.4 is 0 Å². The fraction of sp³-hybridized carbons (Fsp3) is 0.200. The molecule has 0 aliphatic heterocycles. The molecule has 0 aliphatic carbocycles. The molecule has 1 nitrogen and oxygen atoms in total. The number of alkyl halides is 1. The number of hydrogen-bond acceptors (Lipinski definition) is 2. The summed E-state index contributed by atoms with van der Waals surface area (Å²) in [5, 5.41) is 1.87. The normalized spacial score (nSPS) is 13.1. The van der Waals surface area contributed by atoms with Crippen LogP contribution in [0, 0.1) is 6.92 Å². The van der Waals surface area contributed by atoms with Gasteiger partial charge in [0.15, 0.2) is 0 Å². The molecule has 0 radical (unpaired) electrons. The van der Waals surface area contributed by atoms with Gasteiger partial charge in [0.25, 0.3) is 0 Å². The van der Waals surface area contributed by atoms with Crippen molar-refractivity contribution >= 4 is 22.9 Å². The Bertz CT molecular complexity index is 377. The summed E-state index contributed by atoms with van der Waals surface area (Å²) in [6, 6.07) is 7.86. The molecule has 0 saturated carbocycles. The standard InChI is InChI=1S/C10H9ClOS/c1-7-4-5-8(12-7)10(11)9-3-2-6-13-9/h2-6,10H,1H3. The predicted molar refractivity (Wildman–Crippen MR) is 55.5 cm³/mol. The van der Waals surface area contributed by atoms with Gasteiger partial charge in [0.1, 0.15) is 16.9 Å². The topological polar surface area (TPSA) is 13.1 Å². The third kappa shape index (κ3) is 1.79. The molecule has 0 aliphatic rings. The monoisotopic (exact) mass is 212 g/mol. The first kappa shape index (κ1) is 8.85. The first-order valence-electron chi connectivity index (χ1n) is 4.01.